The van der Waals surface area contributed by atoms with E-state index in [2.05, 4.69) is 9.97 Å². The van der Waals surface area contributed by atoms with Crippen LogP contribution >= 0.6 is 0 Å². The van der Waals surface area contributed by atoms with E-state index in [0.29, 0.717) is 30.9 Å². The molecule has 98 valence electrons. The van der Waals surface area contributed by atoms with Crippen molar-refractivity contribution >= 4 is 12.2 Å². The minimum atomic E-state index is -0.363. The molecule has 2 rings (SSSR count). The maximum atomic E-state index is 10.5. The van der Waals surface area contributed by atoms with Crippen molar-refractivity contribution < 1.29 is 14.6 Å². The van der Waals surface area contributed by atoms with Crippen LogP contribution < -0.4 is 4.90 Å². The van der Waals surface area contributed by atoms with Gasteiger partial charge in [-0.05, 0) is 13.8 Å². The molecule has 1 aliphatic heterocycles. The van der Waals surface area contributed by atoms with Gasteiger partial charge in [-0.15, -0.1) is 0 Å². The average molecular weight is 251 g/mol. The number of hydrogen-bond acceptors (Lipinski definition) is 6. The lowest BCUT2D eigenvalue weighted by molar-refractivity contribution is -0.101. The van der Waals surface area contributed by atoms with Crippen molar-refractivity contribution in [3.05, 3.63) is 18.0 Å². The number of aldehydes is 1. The Labute approximate surface area is 106 Å². The van der Waals surface area contributed by atoms with Gasteiger partial charge in [-0.1, -0.05) is 0 Å². The van der Waals surface area contributed by atoms with Gasteiger partial charge in [0.15, 0.2) is 6.29 Å². The Hall–Kier alpha value is -1.53. The highest BCUT2D eigenvalue weighted by atomic mass is 16.5. The normalized spacial score (nSPS) is 22.8. The molecular formula is C12H17N3O3. The summed E-state index contributed by atoms with van der Waals surface area (Å²) in [6.45, 7) is 5.07. The number of aromatic nitrogens is 2. The lowest BCUT2D eigenvalue weighted by Gasteiger charge is -2.42. The van der Waals surface area contributed by atoms with Crippen LogP contribution in [0.4, 0.5) is 5.95 Å². The van der Waals surface area contributed by atoms with Crippen LogP contribution in [0, 0.1) is 0 Å². The number of nitrogens with zero attached hydrogens (tertiary/aromatic N) is 3. The van der Waals surface area contributed by atoms with Crippen LogP contribution in [0.3, 0.4) is 0 Å². The van der Waals surface area contributed by atoms with Crippen molar-refractivity contribution in [2.75, 3.05) is 24.6 Å². The van der Waals surface area contributed by atoms with Crippen molar-refractivity contribution in [3.63, 3.8) is 0 Å². The number of carbonyl (C=O) groups is 1. The van der Waals surface area contributed by atoms with Crippen molar-refractivity contribution in [3.8, 4) is 0 Å². The van der Waals surface area contributed by atoms with Gasteiger partial charge in [-0.2, -0.15) is 0 Å². The molecule has 1 aromatic heterocycles. The van der Waals surface area contributed by atoms with Crippen LogP contribution in [0.5, 0.6) is 0 Å². The molecule has 1 saturated heterocycles. The second-order valence-electron chi connectivity index (χ2n) is 5.00. The first kappa shape index (κ1) is 12.9. The van der Waals surface area contributed by atoms with Crippen LogP contribution in [0.1, 0.15) is 24.2 Å². The number of morpholine rings is 1. The van der Waals surface area contributed by atoms with Crippen LogP contribution in [-0.4, -0.2) is 52.8 Å². The summed E-state index contributed by atoms with van der Waals surface area (Å²) in [6.07, 6.45) is 3.45. The number of aliphatic hydroxyl groups is 1. The van der Waals surface area contributed by atoms with Gasteiger partial charge in [0.1, 0.15) is 0 Å². The number of aliphatic hydroxyl groups excluding tert-OH is 1. The molecule has 0 aliphatic carbocycles. The Bertz CT molecular complexity index is 419. The number of carbonyl (C=O) groups excluding carboxylic acids is 1. The summed E-state index contributed by atoms with van der Waals surface area (Å²) >= 11 is 0. The fraction of sp³-hybridized carbons (Fsp3) is 0.583. The van der Waals surface area contributed by atoms with Gasteiger partial charge in [-0.3, -0.25) is 4.79 Å². The van der Waals surface area contributed by atoms with Crippen LogP contribution in [0.15, 0.2) is 12.4 Å². The Balaban J connectivity index is 2.17. The Morgan fingerprint density at radius 2 is 2.22 bits per heavy atom. The van der Waals surface area contributed by atoms with E-state index >= 15 is 0 Å². The number of ether oxygens (including phenoxy) is 1. The summed E-state index contributed by atoms with van der Waals surface area (Å²) in [6, 6.07) is 0. The molecule has 1 N–H and O–H groups in total. The molecule has 0 amide bonds. The van der Waals surface area contributed by atoms with Gasteiger partial charge in [0, 0.05) is 25.5 Å². The summed E-state index contributed by atoms with van der Waals surface area (Å²) < 4.78 is 5.72. The molecule has 0 aromatic carbocycles. The topological polar surface area (TPSA) is 75.6 Å². The highest BCUT2D eigenvalue weighted by Gasteiger charge is 2.34. The minimum Gasteiger partial charge on any atom is -0.394 e. The highest BCUT2D eigenvalue weighted by Crippen LogP contribution is 2.23. The van der Waals surface area contributed by atoms with E-state index in [1.807, 2.05) is 18.7 Å². The molecular weight excluding hydrogens is 234 g/mol. The third-order valence-corrected chi connectivity index (χ3v) is 2.76. The van der Waals surface area contributed by atoms with Gasteiger partial charge in [0.05, 0.1) is 23.9 Å². The van der Waals surface area contributed by atoms with Crippen LogP contribution in [-0.2, 0) is 4.74 Å². The zero-order valence-electron chi connectivity index (χ0n) is 10.5. The number of hydrogen-bond donors (Lipinski definition) is 1. The third-order valence-electron chi connectivity index (χ3n) is 2.76. The SMILES string of the molecule is CC1(C)CN(c2ncc(C=O)cn2)CC(CO)O1. The molecule has 1 unspecified atom stereocenters. The van der Waals surface area contributed by atoms with Crippen molar-refractivity contribution in [2.24, 2.45) is 0 Å². The summed E-state index contributed by atoms with van der Waals surface area (Å²) in [7, 11) is 0. The van der Waals surface area contributed by atoms with E-state index < -0.39 is 0 Å². The Kier molecular flexibility index (Phi) is 3.58. The van der Waals surface area contributed by atoms with Crippen molar-refractivity contribution in [1.29, 1.82) is 0 Å². The molecule has 6 heteroatoms. The molecule has 0 saturated carbocycles. The molecule has 2 heterocycles. The first-order valence-corrected chi connectivity index (χ1v) is 5.85. The molecule has 1 atom stereocenters. The first-order chi connectivity index (χ1) is 8.54. The predicted octanol–water partition coefficient (Wildman–Crippen LogP) is 0.265. The maximum Gasteiger partial charge on any atom is 0.225 e. The molecule has 0 radical (unpaired) electrons. The maximum absolute atomic E-state index is 10.5. The molecule has 1 aliphatic rings. The van der Waals surface area contributed by atoms with E-state index in [-0.39, 0.29) is 18.3 Å². The molecule has 6 nitrogen and oxygen atoms in total. The summed E-state index contributed by atoms with van der Waals surface area (Å²) in [5, 5.41) is 9.23. The van der Waals surface area contributed by atoms with E-state index in [1.165, 1.54) is 12.4 Å². The lowest BCUT2D eigenvalue weighted by Crippen LogP contribution is -2.54. The van der Waals surface area contributed by atoms with Gasteiger partial charge >= 0.3 is 0 Å². The minimum absolute atomic E-state index is 0.0354. The molecule has 0 spiro atoms. The molecule has 1 aromatic rings. The van der Waals surface area contributed by atoms with Crippen LogP contribution in [0.25, 0.3) is 0 Å². The standard InChI is InChI=1S/C12H17N3O3/c1-12(2)8-15(5-10(7-17)18-12)11-13-3-9(6-16)4-14-11/h3-4,6,10,17H,5,7-8H2,1-2H3. The smallest absolute Gasteiger partial charge is 0.225 e. The van der Waals surface area contributed by atoms with Crippen molar-refractivity contribution in [1.82, 2.24) is 9.97 Å². The fourth-order valence-corrected chi connectivity index (χ4v) is 2.10. The molecule has 0 bridgehead atoms. The quantitative estimate of drug-likeness (QED) is 0.777. The second kappa shape index (κ2) is 4.99. The van der Waals surface area contributed by atoms with E-state index in [1.54, 1.807) is 0 Å². The largest absolute Gasteiger partial charge is 0.394 e. The fourth-order valence-electron chi connectivity index (χ4n) is 2.10. The first-order valence-electron chi connectivity index (χ1n) is 5.85. The average Bonchev–Trinajstić information content (AvgIpc) is 2.37. The van der Waals surface area contributed by atoms with Crippen molar-refractivity contribution in [2.45, 2.75) is 25.6 Å². The van der Waals surface area contributed by atoms with Crippen LogP contribution in [0.2, 0.25) is 0 Å². The Morgan fingerprint density at radius 1 is 1.56 bits per heavy atom. The van der Waals surface area contributed by atoms with E-state index in [0.717, 1.165) is 0 Å². The van der Waals surface area contributed by atoms with Gasteiger partial charge in [0.2, 0.25) is 5.95 Å². The molecule has 1 fully saturated rings. The highest BCUT2D eigenvalue weighted by molar-refractivity contribution is 5.73. The number of anilines is 1. The third kappa shape index (κ3) is 2.83. The van der Waals surface area contributed by atoms with E-state index in [9.17, 15) is 9.90 Å². The Morgan fingerprint density at radius 3 is 2.78 bits per heavy atom. The zero-order valence-corrected chi connectivity index (χ0v) is 10.5. The number of rotatable bonds is 3. The lowest BCUT2D eigenvalue weighted by atomic mass is 10.1. The second-order valence-corrected chi connectivity index (χ2v) is 5.00. The zero-order chi connectivity index (χ0) is 13.2. The predicted molar refractivity (Wildman–Crippen MR) is 65.7 cm³/mol. The van der Waals surface area contributed by atoms with Gasteiger partial charge in [-0.25, -0.2) is 9.97 Å². The summed E-state index contributed by atoms with van der Waals surface area (Å²) in [5.74, 6) is 0.551. The molecule has 18 heavy (non-hydrogen) atoms. The van der Waals surface area contributed by atoms with E-state index in [4.69, 9.17) is 4.74 Å². The summed E-state index contributed by atoms with van der Waals surface area (Å²) in [4.78, 5) is 20.8. The monoisotopic (exact) mass is 251 g/mol. The van der Waals surface area contributed by atoms with Gasteiger partial charge in [0.25, 0.3) is 0 Å². The van der Waals surface area contributed by atoms with Gasteiger partial charge < -0.3 is 14.7 Å². The summed E-state index contributed by atoms with van der Waals surface area (Å²) in [5.41, 5.74) is 0.0863.